The van der Waals surface area contributed by atoms with Crippen molar-refractivity contribution in [3.63, 3.8) is 0 Å². The van der Waals surface area contributed by atoms with Crippen LogP contribution in [0.3, 0.4) is 0 Å². The molecule has 1 N–H and O–H groups in total. The van der Waals surface area contributed by atoms with Gasteiger partial charge in [-0.3, -0.25) is 0 Å². The second-order valence-electron chi connectivity index (χ2n) is 4.78. The normalized spacial score (nSPS) is 11.0. The Bertz CT molecular complexity index is 753. The molecule has 0 bridgehead atoms. The van der Waals surface area contributed by atoms with E-state index < -0.39 is 0 Å². The van der Waals surface area contributed by atoms with E-state index in [2.05, 4.69) is 63.7 Å². The maximum atomic E-state index is 5.52. The molecule has 2 aromatic carbocycles. The summed E-state index contributed by atoms with van der Waals surface area (Å²) in [5, 5.41) is 6.00. The molecule has 0 spiro atoms. The van der Waals surface area contributed by atoms with Gasteiger partial charge in [-0.2, -0.15) is 0 Å². The van der Waals surface area contributed by atoms with Crippen LogP contribution in [0.1, 0.15) is 10.4 Å². The Kier molecular flexibility index (Phi) is 4.58. The van der Waals surface area contributed by atoms with Gasteiger partial charge in [0.2, 0.25) is 0 Å². The van der Waals surface area contributed by atoms with Crippen molar-refractivity contribution in [1.29, 1.82) is 0 Å². The average Bonchev–Trinajstić information content (AvgIpc) is 2.93. The van der Waals surface area contributed by atoms with Crippen LogP contribution in [0.25, 0.3) is 10.8 Å². The van der Waals surface area contributed by atoms with Gasteiger partial charge in [-0.25, -0.2) is 0 Å². The van der Waals surface area contributed by atoms with Gasteiger partial charge in [-0.05, 0) is 44.9 Å². The van der Waals surface area contributed by atoms with Gasteiger partial charge < -0.3 is 10.1 Å². The van der Waals surface area contributed by atoms with Gasteiger partial charge in [0, 0.05) is 23.5 Å². The van der Waals surface area contributed by atoms with Crippen molar-refractivity contribution in [1.82, 2.24) is 5.32 Å². The molecule has 0 aliphatic carbocycles. The first-order valence-corrected chi connectivity index (χ1v) is 8.38. The summed E-state index contributed by atoms with van der Waals surface area (Å²) in [5.74, 6) is 0.938. The van der Waals surface area contributed by atoms with Crippen molar-refractivity contribution in [2.75, 3.05) is 7.11 Å². The fourth-order valence-corrected chi connectivity index (χ4v) is 3.90. The van der Waals surface area contributed by atoms with E-state index in [4.69, 9.17) is 4.74 Å². The molecule has 0 unspecified atom stereocenters. The molecule has 0 aliphatic rings. The Hall–Kier alpha value is -1.36. The van der Waals surface area contributed by atoms with E-state index in [0.717, 1.165) is 18.8 Å². The third kappa shape index (κ3) is 3.28. The Morgan fingerprint density at radius 3 is 2.67 bits per heavy atom. The maximum Gasteiger partial charge on any atom is 0.123 e. The number of methoxy groups -OCH3 is 1. The van der Waals surface area contributed by atoms with Crippen molar-refractivity contribution < 1.29 is 4.74 Å². The first kappa shape index (κ1) is 14.6. The molecule has 3 aromatic rings. The van der Waals surface area contributed by atoms with Crippen molar-refractivity contribution in [3.05, 3.63) is 62.8 Å². The van der Waals surface area contributed by atoms with Crippen LogP contribution in [-0.2, 0) is 13.1 Å². The van der Waals surface area contributed by atoms with E-state index >= 15 is 0 Å². The van der Waals surface area contributed by atoms with Gasteiger partial charge in [0.25, 0.3) is 0 Å². The summed E-state index contributed by atoms with van der Waals surface area (Å²) in [6.45, 7) is 1.66. The number of fused-ring (bicyclic) bond motifs is 1. The Balaban J connectivity index is 1.81. The highest BCUT2D eigenvalue weighted by Crippen LogP contribution is 2.28. The molecule has 0 aliphatic heterocycles. The summed E-state index contributed by atoms with van der Waals surface area (Å²) in [7, 11) is 1.73. The van der Waals surface area contributed by atoms with Gasteiger partial charge in [0.1, 0.15) is 5.75 Å². The summed E-state index contributed by atoms with van der Waals surface area (Å²) < 4.78 is 6.68. The smallest absolute Gasteiger partial charge is 0.123 e. The number of hydrogen-bond acceptors (Lipinski definition) is 3. The second kappa shape index (κ2) is 6.60. The quantitative estimate of drug-likeness (QED) is 0.693. The average molecular weight is 362 g/mol. The van der Waals surface area contributed by atoms with E-state index in [0.29, 0.717) is 0 Å². The number of halogens is 1. The molecule has 4 heteroatoms. The molecular weight excluding hydrogens is 346 g/mol. The molecule has 1 heterocycles. The number of thiophene rings is 1. The topological polar surface area (TPSA) is 21.3 Å². The van der Waals surface area contributed by atoms with E-state index in [9.17, 15) is 0 Å². The first-order valence-electron chi connectivity index (χ1n) is 6.77. The molecule has 0 amide bonds. The summed E-state index contributed by atoms with van der Waals surface area (Å²) in [4.78, 5) is 1.32. The number of ether oxygens (including phenoxy) is 1. The molecule has 3 rings (SSSR count). The van der Waals surface area contributed by atoms with Gasteiger partial charge in [0.05, 0.1) is 10.9 Å². The standard InChI is InChI=1S/C17H16BrNOS/c1-20-16-8-6-12-4-2-3-5-14(12)15(16)11-19-10-13-7-9-17(18)21-13/h2-9,19H,10-11H2,1H3. The van der Waals surface area contributed by atoms with Crippen LogP contribution in [0, 0.1) is 0 Å². The molecule has 108 valence electrons. The molecule has 2 nitrogen and oxygen atoms in total. The molecule has 0 atom stereocenters. The highest BCUT2D eigenvalue weighted by atomic mass is 79.9. The number of benzene rings is 2. The SMILES string of the molecule is COc1ccc2ccccc2c1CNCc1ccc(Br)s1. The van der Waals surface area contributed by atoms with E-state index in [1.165, 1.54) is 25.0 Å². The third-order valence-corrected chi connectivity index (χ3v) is 5.07. The Morgan fingerprint density at radius 1 is 1.05 bits per heavy atom. The van der Waals surface area contributed by atoms with Crippen molar-refractivity contribution in [3.8, 4) is 5.75 Å². The van der Waals surface area contributed by atoms with Crippen LogP contribution in [-0.4, -0.2) is 7.11 Å². The van der Waals surface area contributed by atoms with Gasteiger partial charge in [0.15, 0.2) is 0 Å². The van der Waals surface area contributed by atoms with E-state index in [1.807, 2.05) is 6.07 Å². The van der Waals surface area contributed by atoms with Crippen LogP contribution in [0.4, 0.5) is 0 Å². The molecule has 0 saturated carbocycles. The monoisotopic (exact) mass is 361 g/mol. The van der Waals surface area contributed by atoms with E-state index in [-0.39, 0.29) is 0 Å². The summed E-state index contributed by atoms with van der Waals surface area (Å²) in [5.41, 5.74) is 1.21. The molecule has 0 saturated heterocycles. The molecule has 1 aromatic heterocycles. The van der Waals surface area contributed by atoms with Crippen LogP contribution in [0.15, 0.2) is 52.3 Å². The highest BCUT2D eigenvalue weighted by molar-refractivity contribution is 9.11. The maximum absolute atomic E-state index is 5.52. The van der Waals surface area contributed by atoms with Crippen molar-refractivity contribution >= 4 is 38.0 Å². The highest BCUT2D eigenvalue weighted by Gasteiger charge is 2.08. The number of rotatable bonds is 5. The third-order valence-electron chi connectivity index (χ3n) is 3.45. The molecular formula is C17H16BrNOS. The lowest BCUT2D eigenvalue weighted by Gasteiger charge is -2.12. The lowest BCUT2D eigenvalue weighted by Crippen LogP contribution is -2.13. The molecule has 0 radical (unpaired) electrons. The first-order chi connectivity index (χ1) is 10.3. The van der Waals surface area contributed by atoms with Crippen LogP contribution >= 0.6 is 27.3 Å². The zero-order valence-electron chi connectivity index (χ0n) is 11.7. The summed E-state index contributed by atoms with van der Waals surface area (Å²) in [6, 6.07) is 16.8. The van der Waals surface area contributed by atoms with Crippen molar-refractivity contribution in [2.45, 2.75) is 13.1 Å². The van der Waals surface area contributed by atoms with Crippen LogP contribution in [0.5, 0.6) is 5.75 Å². The molecule has 21 heavy (non-hydrogen) atoms. The minimum atomic E-state index is 0.792. The van der Waals surface area contributed by atoms with Crippen LogP contribution < -0.4 is 10.1 Å². The lowest BCUT2D eigenvalue weighted by molar-refractivity contribution is 0.408. The van der Waals surface area contributed by atoms with E-state index in [1.54, 1.807) is 18.4 Å². The minimum absolute atomic E-state index is 0.792. The fraction of sp³-hybridized carbons (Fsp3) is 0.176. The largest absolute Gasteiger partial charge is 0.496 e. The second-order valence-corrected chi connectivity index (χ2v) is 7.32. The van der Waals surface area contributed by atoms with Gasteiger partial charge >= 0.3 is 0 Å². The zero-order valence-corrected chi connectivity index (χ0v) is 14.1. The predicted molar refractivity (Wildman–Crippen MR) is 93.1 cm³/mol. The molecule has 0 fully saturated rings. The minimum Gasteiger partial charge on any atom is -0.496 e. The van der Waals surface area contributed by atoms with Crippen LogP contribution in [0.2, 0.25) is 0 Å². The lowest BCUT2D eigenvalue weighted by atomic mass is 10.0. The fourth-order valence-electron chi connectivity index (χ4n) is 2.45. The van der Waals surface area contributed by atoms with Crippen molar-refractivity contribution in [2.24, 2.45) is 0 Å². The summed E-state index contributed by atoms with van der Waals surface area (Å²) in [6.07, 6.45) is 0. The Labute approximate surface area is 136 Å². The van der Waals surface area contributed by atoms with Gasteiger partial charge in [-0.1, -0.05) is 30.3 Å². The zero-order chi connectivity index (χ0) is 14.7. The summed E-state index contributed by atoms with van der Waals surface area (Å²) >= 11 is 5.25. The predicted octanol–water partition coefficient (Wildman–Crippen LogP) is 4.96. The number of hydrogen-bond donors (Lipinski definition) is 1. The number of nitrogens with one attached hydrogen (secondary N) is 1. The Morgan fingerprint density at radius 2 is 1.90 bits per heavy atom. The van der Waals surface area contributed by atoms with Gasteiger partial charge in [-0.15, -0.1) is 11.3 Å².